The minimum Gasteiger partial charge on any atom is -0.356 e. The largest absolute Gasteiger partial charge is 0.356 e. The Morgan fingerprint density at radius 2 is 1.58 bits per heavy atom. The predicted molar refractivity (Wildman–Crippen MR) is 147 cm³/mol. The number of hydrogen-bond donors (Lipinski definition) is 2. The van der Waals surface area contributed by atoms with Crippen LogP contribution in [0.15, 0.2) is 48.5 Å². The maximum Gasteiger partial charge on any atom is 0.326 e. The summed E-state index contributed by atoms with van der Waals surface area (Å²) >= 11 is 0. The summed E-state index contributed by atoms with van der Waals surface area (Å²) in [6.45, 7) is 10.5. The third-order valence-corrected chi connectivity index (χ3v) is 7.15. The molecule has 0 aromatic heterocycles. The topological polar surface area (TPSA) is 67.9 Å². The standard InChI is InChI=1S/C29H41N5O2/c1-2-16-32-19-21-33(22-20-32)17-7-15-30-28(35)23-24-11-13-26(14-12-24)31-29(36)34-18-6-5-9-25-8-3-4-10-27(25)34/h3-4,8,10-14H,2,5-7,9,15-23H2,1H3,(H,30,35)(H,31,36). The fourth-order valence-electron chi connectivity index (χ4n) is 5.13. The van der Waals surface area contributed by atoms with E-state index in [1.165, 1.54) is 18.5 Å². The van der Waals surface area contributed by atoms with E-state index >= 15 is 0 Å². The minimum absolute atomic E-state index is 0.0423. The van der Waals surface area contributed by atoms with E-state index in [1.807, 2.05) is 47.4 Å². The van der Waals surface area contributed by atoms with E-state index in [1.54, 1.807) is 0 Å². The number of piperazine rings is 1. The summed E-state index contributed by atoms with van der Waals surface area (Å²) in [6, 6.07) is 15.6. The molecule has 0 bridgehead atoms. The summed E-state index contributed by atoms with van der Waals surface area (Å²) in [5.74, 6) is 0.0423. The monoisotopic (exact) mass is 491 g/mol. The van der Waals surface area contributed by atoms with E-state index < -0.39 is 0 Å². The SMILES string of the molecule is CCCN1CCN(CCCNC(=O)Cc2ccc(NC(=O)N3CCCCc4ccccc43)cc2)CC1. The molecular weight excluding hydrogens is 450 g/mol. The number of carbonyl (C=O) groups excluding carboxylic acids is 2. The lowest BCUT2D eigenvalue weighted by atomic mass is 10.1. The number of para-hydroxylation sites is 1. The van der Waals surface area contributed by atoms with E-state index in [-0.39, 0.29) is 11.9 Å². The van der Waals surface area contributed by atoms with Crippen molar-refractivity contribution in [3.05, 3.63) is 59.7 Å². The van der Waals surface area contributed by atoms with Gasteiger partial charge in [0, 0.05) is 50.6 Å². The number of nitrogens with one attached hydrogen (secondary N) is 2. The molecule has 7 nitrogen and oxygen atoms in total. The average Bonchev–Trinajstić information content (AvgIpc) is 3.12. The summed E-state index contributed by atoms with van der Waals surface area (Å²) in [5, 5.41) is 6.07. The van der Waals surface area contributed by atoms with Gasteiger partial charge in [-0.1, -0.05) is 37.3 Å². The van der Waals surface area contributed by atoms with Gasteiger partial charge in [-0.05, 0) is 74.5 Å². The first-order valence-corrected chi connectivity index (χ1v) is 13.6. The molecule has 2 aliphatic rings. The highest BCUT2D eigenvalue weighted by Gasteiger charge is 2.21. The van der Waals surface area contributed by atoms with E-state index in [2.05, 4.69) is 33.4 Å². The molecule has 2 aromatic rings. The second kappa shape index (κ2) is 13.4. The van der Waals surface area contributed by atoms with Crippen LogP contribution in [0.5, 0.6) is 0 Å². The van der Waals surface area contributed by atoms with Crippen molar-refractivity contribution in [3.63, 3.8) is 0 Å². The number of aryl methyl sites for hydroxylation is 1. The molecule has 2 aromatic carbocycles. The number of fused-ring (bicyclic) bond motifs is 1. The third kappa shape index (κ3) is 7.55. The molecule has 0 saturated carbocycles. The van der Waals surface area contributed by atoms with Crippen LogP contribution in [-0.4, -0.2) is 74.1 Å². The number of urea groups is 1. The predicted octanol–water partition coefficient (Wildman–Crippen LogP) is 4.14. The molecule has 0 radical (unpaired) electrons. The Hall–Kier alpha value is -2.90. The van der Waals surface area contributed by atoms with Crippen molar-refractivity contribution in [1.29, 1.82) is 0 Å². The lowest BCUT2D eigenvalue weighted by Crippen LogP contribution is -2.47. The van der Waals surface area contributed by atoms with Crippen LogP contribution in [0.4, 0.5) is 16.2 Å². The molecule has 0 unspecified atom stereocenters. The van der Waals surface area contributed by atoms with Crippen LogP contribution in [0, 0.1) is 0 Å². The molecule has 7 heteroatoms. The van der Waals surface area contributed by atoms with E-state index in [0.717, 1.165) is 81.9 Å². The van der Waals surface area contributed by atoms with Gasteiger partial charge in [-0.2, -0.15) is 0 Å². The normalized spacial score (nSPS) is 16.8. The fraction of sp³-hybridized carbons (Fsp3) is 0.517. The molecule has 1 fully saturated rings. The quantitative estimate of drug-likeness (QED) is 0.518. The van der Waals surface area contributed by atoms with Gasteiger partial charge in [-0.15, -0.1) is 0 Å². The van der Waals surface area contributed by atoms with Crippen molar-refractivity contribution in [3.8, 4) is 0 Å². The Morgan fingerprint density at radius 3 is 2.33 bits per heavy atom. The van der Waals surface area contributed by atoms with Crippen LogP contribution in [0.3, 0.4) is 0 Å². The van der Waals surface area contributed by atoms with Crippen molar-refractivity contribution in [2.24, 2.45) is 0 Å². The Bertz CT molecular complexity index is 985. The van der Waals surface area contributed by atoms with E-state index in [4.69, 9.17) is 0 Å². The molecule has 4 rings (SSSR count). The number of nitrogens with zero attached hydrogens (tertiary/aromatic N) is 3. The van der Waals surface area contributed by atoms with Crippen LogP contribution < -0.4 is 15.5 Å². The highest BCUT2D eigenvalue weighted by molar-refractivity contribution is 6.02. The first-order chi connectivity index (χ1) is 17.6. The molecular formula is C29H41N5O2. The third-order valence-electron chi connectivity index (χ3n) is 7.15. The maximum atomic E-state index is 13.0. The zero-order valence-corrected chi connectivity index (χ0v) is 21.7. The first kappa shape index (κ1) is 26.2. The Labute approximate surface area is 215 Å². The molecule has 2 heterocycles. The van der Waals surface area contributed by atoms with Gasteiger partial charge in [0.05, 0.1) is 6.42 Å². The number of amides is 3. The van der Waals surface area contributed by atoms with Crippen molar-refractivity contribution in [2.75, 3.05) is 62.6 Å². The summed E-state index contributed by atoms with van der Waals surface area (Å²) in [4.78, 5) is 32.3. The van der Waals surface area contributed by atoms with Gasteiger partial charge in [-0.25, -0.2) is 4.79 Å². The van der Waals surface area contributed by atoms with Gasteiger partial charge in [0.15, 0.2) is 0 Å². The zero-order valence-electron chi connectivity index (χ0n) is 21.7. The average molecular weight is 492 g/mol. The Kier molecular flexibility index (Phi) is 9.76. The molecule has 0 spiro atoms. The summed E-state index contributed by atoms with van der Waals surface area (Å²) in [5.41, 5.74) is 3.91. The van der Waals surface area contributed by atoms with Gasteiger partial charge in [0.1, 0.15) is 0 Å². The summed E-state index contributed by atoms with van der Waals surface area (Å²) in [6.07, 6.45) is 5.64. The van der Waals surface area contributed by atoms with Crippen LogP contribution in [0.2, 0.25) is 0 Å². The Morgan fingerprint density at radius 1 is 0.861 bits per heavy atom. The smallest absolute Gasteiger partial charge is 0.326 e. The maximum absolute atomic E-state index is 13.0. The highest BCUT2D eigenvalue weighted by atomic mass is 16.2. The van der Waals surface area contributed by atoms with Crippen LogP contribution in [0.1, 0.15) is 43.7 Å². The van der Waals surface area contributed by atoms with E-state index in [9.17, 15) is 9.59 Å². The van der Waals surface area contributed by atoms with E-state index in [0.29, 0.717) is 13.0 Å². The van der Waals surface area contributed by atoms with Crippen molar-refractivity contribution in [1.82, 2.24) is 15.1 Å². The Balaban J connectivity index is 1.17. The lowest BCUT2D eigenvalue weighted by molar-refractivity contribution is -0.120. The minimum atomic E-state index is -0.110. The van der Waals surface area contributed by atoms with Gasteiger partial charge >= 0.3 is 6.03 Å². The molecule has 3 amide bonds. The van der Waals surface area contributed by atoms with Gasteiger partial charge < -0.3 is 20.4 Å². The second-order valence-corrected chi connectivity index (χ2v) is 9.93. The van der Waals surface area contributed by atoms with Crippen molar-refractivity contribution in [2.45, 2.75) is 45.4 Å². The van der Waals surface area contributed by atoms with Crippen LogP contribution in [0.25, 0.3) is 0 Å². The number of benzene rings is 2. The van der Waals surface area contributed by atoms with Crippen LogP contribution >= 0.6 is 0 Å². The summed E-state index contributed by atoms with van der Waals surface area (Å²) in [7, 11) is 0. The summed E-state index contributed by atoms with van der Waals surface area (Å²) < 4.78 is 0. The molecule has 2 N–H and O–H groups in total. The fourth-order valence-corrected chi connectivity index (χ4v) is 5.13. The lowest BCUT2D eigenvalue weighted by Gasteiger charge is -2.34. The second-order valence-electron chi connectivity index (χ2n) is 9.93. The molecule has 0 aliphatic carbocycles. The van der Waals surface area contributed by atoms with Crippen molar-refractivity contribution < 1.29 is 9.59 Å². The zero-order chi connectivity index (χ0) is 25.2. The number of carbonyl (C=O) groups is 2. The number of rotatable bonds is 9. The molecule has 2 aliphatic heterocycles. The number of hydrogen-bond acceptors (Lipinski definition) is 4. The molecule has 0 atom stereocenters. The van der Waals surface area contributed by atoms with Crippen LogP contribution in [-0.2, 0) is 17.6 Å². The molecule has 36 heavy (non-hydrogen) atoms. The van der Waals surface area contributed by atoms with Gasteiger partial charge in [0.2, 0.25) is 5.91 Å². The molecule has 1 saturated heterocycles. The van der Waals surface area contributed by atoms with Gasteiger partial charge in [0.25, 0.3) is 0 Å². The van der Waals surface area contributed by atoms with Crippen molar-refractivity contribution >= 4 is 23.3 Å². The number of anilines is 2. The highest BCUT2D eigenvalue weighted by Crippen LogP contribution is 2.26. The molecule has 194 valence electrons. The first-order valence-electron chi connectivity index (χ1n) is 13.6. The van der Waals surface area contributed by atoms with Gasteiger partial charge in [-0.3, -0.25) is 9.69 Å².